The second-order valence-corrected chi connectivity index (χ2v) is 10.7. The summed E-state index contributed by atoms with van der Waals surface area (Å²) in [5.41, 5.74) is -5.54. The molecule has 0 fully saturated rings. The lowest BCUT2D eigenvalue weighted by molar-refractivity contribution is -0.340. The lowest BCUT2D eigenvalue weighted by Crippen LogP contribution is -2.53. The highest BCUT2D eigenvalue weighted by Gasteiger charge is 2.70. The molecular formula is C33H28F6N2O4. The minimum atomic E-state index is -5.93. The van der Waals surface area contributed by atoms with Crippen LogP contribution in [-0.2, 0) is 12.8 Å². The van der Waals surface area contributed by atoms with Gasteiger partial charge in [-0.05, 0) is 74.2 Å². The van der Waals surface area contributed by atoms with Crippen LogP contribution in [0.25, 0.3) is 0 Å². The molecule has 0 aliphatic heterocycles. The number of para-hydroxylation sites is 2. The highest BCUT2D eigenvalue weighted by Crippen LogP contribution is 2.56. The van der Waals surface area contributed by atoms with Crippen LogP contribution in [0.4, 0.5) is 37.7 Å². The molecule has 0 aliphatic carbocycles. The first-order valence-electron chi connectivity index (χ1n) is 13.5. The van der Waals surface area contributed by atoms with Crippen LogP contribution in [-0.4, -0.2) is 34.4 Å². The van der Waals surface area contributed by atoms with Gasteiger partial charge in [-0.2, -0.15) is 26.3 Å². The van der Waals surface area contributed by atoms with E-state index in [1.165, 1.54) is 24.3 Å². The summed E-state index contributed by atoms with van der Waals surface area (Å²) in [6.45, 7) is 3.37. The monoisotopic (exact) mass is 630 g/mol. The molecule has 0 heterocycles. The van der Waals surface area contributed by atoms with Gasteiger partial charge >= 0.3 is 12.4 Å². The van der Waals surface area contributed by atoms with E-state index in [9.17, 15) is 46.1 Å². The summed E-state index contributed by atoms with van der Waals surface area (Å²) in [5.74, 6) is -3.20. The quantitative estimate of drug-likeness (QED) is 0.117. The van der Waals surface area contributed by atoms with Crippen molar-refractivity contribution in [3.63, 3.8) is 0 Å². The lowest BCUT2D eigenvalue weighted by Gasteiger charge is -2.38. The summed E-state index contributed by atoms with van der Waals surface area (Å²) in [5, 5.41) is 25.5. The van der Waals surface area contributed by atoms with Crippen LogP contribution in [0.1, 0.15) is 43.0 Å². The average Bonchev–Trinajstić information content (AvgIpc) is 2.94. The Kier molecular flexibility index (Phi) is 9.17. The van der Waals surface area contributed by atoms with Crippen LogP contribution in [0.2, 0.25) is 0 Å². The zero-order valence-electron chi connectivity index (χ0n) is 24.0. The van der Waals surface area contributed by atoms with E-state index < -0.39 is 76.4 Å². The molecule has 4 aromatic carbocycles. The van der Waals surface area contributed by atoms with Gasteiger partial charge in [-0.1, -0.05) is 59.7 Å². The average molecular weight is 631 g/mol. The molecule has 12 heteroatoms. The molecule has 0 bridgehead atoms. The standard InChI is InChI=1S/C33H28F6N2O4/c1-19-7-3-9-21(15-19)29(44)40-27-23(11-5-13-25(27)42)17-31(32(34,35)36,33(37,38)39)18-24-12-6-14-26(43)28(24)41-30(45)22-10-4-8-20(2)16-22/h3-16,42-43H,17-18H2,1-2H3,(H,40,44)(H,41,45). The first-order valence-corrected chi connectivity index (χ1v) is 13.5. The largest absolute Gasteiger partial charge is 0.506 e. The number of hydrogen-bond acceptors (Lipinski definition) is 4. The van der Waals surface area contributed by atoms with Crippen LogP contribution in [0.5, 0.6) is 11.5 Å². The number of nitrogens with one attached hydrogen (secondary N) is 2. The van der Waals surface area contributed by atoms with Gasteiger partial charge in [0.1, 0.15) is 11.5 Å². The molecule has 0 aromatic heterocycles. The topological polar surface area (TPSA) is 98.7 Å². The first-order chi connectivity index (χ1) is 21.0. The Morgan fingerprint density at radius 1 is 0.600 bits per heavy atom. The molecule has 6 nitrogen and oxygen atoms in total. The highest BCUT2D eigenvalue weighted by atomic mass is 19.4. The van der Waals surface area contributed by atoms with Crippen molar-refractivity contribution in [3.8, 4) is 11.5 Å². The van der Waals surface area contributed by atoms with Gasteiger partial charge in [0, 0.05) is 11.1 Å². The number of phenolic OH excluding ortho intramolecular Hbond substituents is 2. The third kappa shape index (κ3) is 7.05. The zero-order chi connectivity index (χ0) is 33.2. The molecule has 0 radical (unpaired) electrons. The Labute approximate surface area is 254 Å². The predicted octanol–water partition coefficient (Wildman–Crippen LogP) is 8.12. The van der Waals surface area contributed by atoms with Crippen LogP contribution < -0.4 is 10.6 Å². The van der Waals surface area contributed by atoms with Crippen molar-refractivity contribution in [3.05, 3.63) is 118 Å². The summed E-state index contributed by atoms with van der Waals surface area (Å²) in [4.78, 5) is 25.8. The molecule has 0 saturated carbocycles. The van der Waals surface area contributed by atoms with Gasteiger partial charge in [0.2, 0.25) is 0 Å². The van der Waals surface area contributed by atoms with E-state index in [1.807, 2.05) is 0 Å². The van der Waals surface area contributed by atoms with E-state index in [0.717, 1.165) is 36.4 Å². The number of phenols is 2. The third-order valence-electron chi connectivity index (χ3n) is 7.36. The number of benzene rings is 4. The Morgan fingerprint density at radius 2 is 0.956 bits per heavy atom. The number of rotatable bonds is 8. The maximum atomic E-state index is 14.8. The molecule has 4 rings (SSSR count). The second kappa shape index (κ2) is 12.5. The maximum absolute atomic E-state index is 14.8. The van der Waals surface area contributed by atoms with Crippen LogP contribution in [0.3, 0.4) is 0 Å². The smallest absolute Gasteiger partial charge is 0.403 e. The molecule has 0 saturated heterocycles. The number of hydrogen-bond donors (Lipinski definition) is 4. The van der Waals surface area contributed by atoms with Crippen molar-refractivity contribution < 1.29 is 46.1 Å². The van der Waals surface area contributed by atoms with Gasteiger partial charge in [0.05, 0.1) is 11.4 Å². The van der Waals surface area contributed by atoms with Crippen LogP contribution >= 0.6 is 0 Å². The molecule has 236 valence electrons. The summed E-state index contributed by atoms with van der Waals surface area (Å²) >= 11 is 0. The van der Waals surface area contributed by atoms with Crippen molar-refractivity contribution in [2.45, 2.75) is 39.0 Å². The first kappa shape index (κ1) is 32.9. The summed E-state index contributed by atoms with van der Waals surface area (Å²) in [7, 11) is 0. The number of halogens is 6. The van der Waals surface area contributed by atoms with E-state index in [2.05, 4.69) is 10.6 Å². The van der Waals surface area contributed by atoms with E-state index >= 15 is 0 Å². The fourth-order valence-electron chi connectivity index (χ4n) is 4.97. The van der Waals surface area contributed by atoms with Crippen molar-refractivity contribution in [2.75, 3.05) is 10.6 Å². The Hall–Kier alpha value is -5.00. The molecule has 4 aromatic rings. The van der Waals surface area contributed by atoms with Gasteiger partial charge in [0.25, 0.3) is 11.8 Å². The fraction of sp³-hybridized carbons (Fsp3) is 0.212. The molecule has 45 heavy (non-hydrogen) atoms. The van der Waals surface area contributed by atoms with E-state index in [1.54, 1.807) is 38.1 Å². The number of aromatic hydroxyl groups is 2. The van der Waals surface area contributed by atoms with Gasteiger partial charge in [-0.15, -0.1) is 0 Å². The van der Waals surface area contributed by atoms with Crippen LogP contribution in [0.15, 0.2) is 84.9 Å². The number of carbonyl (C=O) groups excluding carboxylic acids is 2. The molecule has 0 atom stereocenters. The molecule has 0 aliphatic rings. The van der Waals surface area contributed by atoms with E-state index in [0.29, 0.717) is 11.1 Å². The van der Waals surface area contributed by atoms with Gasteiger partial charge < -0.3 is 20.8 Å². The van der Waals surface area contributed by atoms with Crippen molar-refractivity contribution >= 4 is 23.2 Å². The van der Waals surface area contributed by atoms with Gasteiger partial charge in [-0.25, -0.2) is 0 Å². The molecule has 4 N–H and O–H groups in total. The summed E-state index contributed by atoms with van der Waals surface area (Å²) < 4.78 is 89.0. The number of anilines is 2. The van der Waals surface area contributed by atoms with Gasteiger partial charge in [0.15, 0.2) is 5.41 Å². The predicted molar refractivity (Wildman–Crippen MR) is 156 cm³/mol. The zero-order valence-corrected chi connectivity index (χ0v) is 24.0. The second-order valence-electron chi connectivity index (χ2n) is 10.7. The molecular weight excluding hydrogens is 602 g/mol. The van der Waals surface area contributed by atoms with E-state index in [-0.39, 0.29) is 11.1 Å². The van der Waals surface area contributed by atoms with Crippen molar-refractivity contribution in [1.29, 1.82) is 0 Å². The number of alkyl halides is 6. The molecule has 0 spiro atoms. The molecule has 0 unspecified atom stereocenters. The normalized spacial score (nSPS) is 12.1. The maximum Gasteiger partial charge on any atom is 0.403 e. The number of carbonyl (C=O) groups is 2. The van der Waals surface area contributed by atoms with E-state index in [4.69, 9.17) is 0 Å². The van der Waals surface area contributed by atoms with Crippen LogP contribution in [0, 0.1) is 19.3 Å². The van der Waals surface area contributed by atoms with Crippen molar-refractivity contribution in [1.82, 2.24) is 0 Å². The third-order valence-corrected chi connectivity index (χ3v) is 7.36. The minimum absolute atomic E-state index is 0.0656. The minimum Gasteiger partial charge on any atom is -0.506 e. The molecule has 2 amide bonds. The van der Waals surface area contributed by atoms with Crippen molar-refractivity contribution in [2.24, 2.45) is 5.41 Å². The number of amides is 2. The SMILES string of the molecule is Cc1cccc(C(=O)Nc2c(O)cccc2CC(Cc2cccc(O)c2NC(=O)c2cccc(C)c2)(C(F)(F)F)C(F)(F)F)c1. The lowest BCUT2D eigenvalue weighted by atomic mass is 9.74. The summed E-state index contributed by atoms with van der Waals surface area (Å²) in [6.07, 6.45) is -15.4. The fourth-order valence-corrected chi connectivity index (χ4v) is 4.97. The summed E-state index contributed by atoms with van der Waals surface area (Å²) in [6, 6.07) is 18.2. The highest BCUT2D eigenvalue weighted by molar-refractivity contribution is 6.06. The number of aryl methyl sites for hydroxylation is 2. The Morgan fingerprint density at radius 3 is 1.29 bits per heavy atom. The Balaban J connectivity index is 1.80. The Bertz CT molecular complexity index is 1610. The van der Waals surface area contributed by atoms with Gasteiger partial charge in [-0.3, -0.25) is 9.59 Å².